The van der Waals surface area contributed by atoms with Crippen molar-refractivity contribution in [2.24, 2.45) is 0 Å². The average Bonchev–Trinajstić information content (AvgIpc) is 2.93. The summed E-state index contributed by atoms with van der Waals surface area (Å²) in [6, 6.07) is 10.4. The highest BCUT2D eigenvalue weighted by Gasteiger charge is 2.12. The van der Waals surface area contributed by atoms with Gasteiger partial charge in [0, 0.05) is 6.08 Å². The zero-order chi connectivity index (χ0) is 15.2. The maximum Gasteiger partial charge on any atom is 0.348 e. The molecule has 0 atom stereocenters. The fraction of sp³-hybridized carbons (Fsp3) is 0. The fourth-order valence-corrected chi connectivity index (χ4v) is 2.32. The van der Waals surface area contributed by atoms with Crippen LogP contribution in [0.5, 0.6) is 0 Å². The smallest absolute Gasteiger partial charge is 0.348 e. The molecule has 1 amide bonds. The largest absolute Gasteiger partial charge is 0.477 e. The van der Waals surface area contributed by atoms with Gasteiger partial charge in [-0.2, -0.15) is 5.26 Å². The molecule has 0 aliphatic rings. The van der Waals surface area contributed by atoms with Crippen LogP contribution in [0, 0.1) is 11.3 Å². The zero-order valence-corrected chi connectivity index (χ0v) is 11.6. The number of anilines is 1. The summed E-state index contributed by atoms with van der Waals surface area (Å²) in [6.45, 7) is 0. The first-order valence-corrected chi connectivity index (χ1v) is 6.78. The molecule has 1 aromatic heterocycles. The first-order chi connectivity index (χ1) is 10.1. The molecule has 1 aromatic carbocycles. The topological polar surface area (TPSA) is 90.2 Å². The number of carboxylic acids is 1. The predicted molar refractivity (Wildman–Crippen MR) is 80.1 cm³/mol. The van der Waals surface area contributed by atoms with E-state index in [2.05, 4.69) is 5.32 Å². The third-order valence-corrected chi connectivity index (χ3v) is 3.46. The van der Waals surface area contributed by atoms with E-state index in [4.69, 9.17) is 10.4 Å². The number of carbonyl (C=O) groups is 2. The molecular weight excluding hydrogens is 288 g/mol. The minimum absolute atomic E-state index is 0.0863. The molecule has 0 radical (unpaired) electrons. The number of nitrogens with zero attached hydrogens (tertiary/aromatic N) is 1. The Morgan fingerprint density at radius 3 is 2.86 bits per heavy atom. The van der Waals surface area contributed by atoms with Crippen LogP contribution in [0.1, 0.15) is 20.8 Å². The molecule has 5 nitrogen and oxygen atoms in total. The SMILES string of the molecule is N#Cc1cccc(/C=C/C(=O)Nc2ccsc2C(=O)O)c1. The van der Waals surface area contributed by atoms with E-state index in [1.165, 1.54) is 12.1 Å². The summed E-state index contributed by atoms with van der Waals surface area (Å²) in [7, 11) is 0. The zero-order valence-electron chi connectivity index (χ0n) is 10.7. The lowest BCUT2D eigenvalue weighted by molar-refractivity contribution is -0.111. The number of nitrogens with one attached hydrogen (secondary N) is 1. The van der Waals surface area contributed by atoms with Crippen molar-refractivity contribution >= 4 is 35.0 Å². The third-order valence-electron chi connectivity index (χ3n) is 2.56. The van der Waals surface area contributed by atoms with Gasteiger partial charge in [-0.1, -0.05) is 12.1 Å². The molecule has 2 rings (SSSR count). The van der Waals surface area contributed by atoms with E-state index in [0.717, 1.165) is 11.3 Å². The Morgan fingerprint density at radius 1 is 1.33 bits per heavy atom. The van der Waals surface area contributed by atoms with Gasteiger partial charge in [0.2, 0.25) is 5.91 Å². The van der Waals surface area contributed by atoms with Crippen molar-refractivity contribution in [3.63, 3.8) is 0 Å². The van der Waals surface area contributed by atoms with Crippen LogP contribution in [0.2, 0.25) is 0 Å². The second kappa shape index (κ2) is 6.50. The minimum Gasteiger partial charge on any atom is -0.477 e. The number of hydrogen-bond donors (Lipinski definition) is 2. The first kappa shape index (κ1) is 14.5. The number of rotatable bonds is 4. The Bertz CT molecular complexity index is 756. The average molecular weight is 298 g/mol. The summed E-state index contributed by atoms with van der Waals surface area (Å²) in [4.78, 5) is 22.8. The van der Waals surface area contributed by atoms with E-state index >= 15 is 0 Å². The van der Waals surface area contributed by atoms with Crippen LogP contribution >= 0.6 is 11.3 Å². The number of carbonyl (C=O) groups excluding carboxylic acids is 1. The van der Waals surface area contributed by atoms with Gasteiger partial charge in [-0.15, -0.1) is 11.3 Å². The molecule has 2 N–H and O–H groups in total. The lowest BCUT2D eigenvalue weighted by Crippen LogP contribution is -2.09. The number of aromatic carboxylic acids is 1. The fourth-order valence-electron chi connectivity index (χ4n) is 1.63. The van der Waals surface area contributed by atoms with E-state index in [0.29, 0.717) is 11.1 Å². The van der Waals surface area contributed by atoms with Gasteiger partial charge in [-0.05, 0) is 35.2 Å². The summed E-state index contributed by atoms with van der Waals surface area (Å²) in [5.74, 6) is -1.51. The standard InChI is InChI=1S/C15H10N2O3S/c16-9-11-3-1-2-10(8-11)4-5-13(18)17-12-6-7-21-14(12)15(19)20/h1-8H,(H,17,18)(H,19,20)/b5-4+. The Hall–Kier alpha value is -2.91. The first-order valence-electron chi connectivity index (χ1n) is 5.90. The van der Waals surface area contributed by atoms with Crippen molar-refractivity contribution in [3.8, 4) is 6.07 Å². The van der Waals surface area contributed by atoms with Crippen molar-refractivity contribution in [1.29, 1.82) is 5.26 Å². The van der Waals surface area contributed by atoms with Crippen molar-refractivity contribution < 1.29 is 14.7 Å². The van der Waals surface area contributed by atoms with Gasteiger partial charge >= 0.3 is 5.97 Å². The summed E-state index contributed by atoms with van der Waals surface area (Å²) in [6.07, 6.45) is 2.85. The number of amides is 1. The van der Waals surface area contributed by atoms with Crippen molar-refractivity contribution in [3.05, 3.63) is 57.8 Å². The highest BCUT2D eigenvalue weighted by Crippen LogP contribution is 2.22. The number of nitriles is 1. The van der Waals surface area contributed by atoms with Gasteiger partial charge < -0.3 is 10.4 Å². The van der Waals surface area contributed by atoms with E-state index in [1.54, 1.807) is 35.7 Å². The van der Waals surface area contributed by atoms with Crippen molar-refractivity contribution in [2.75, 3.05) is 5.32 Å². The highest BCUT2D eigenvalue weighted by molar-refractivity contribution is 7.12. The molecular formula is C15H10N2O3S. The monoisotopic (exact) mass is 298 g/mol. The number of thiophene rings is 1. The summed E-state index contributed by atoms with van der Waals surface area (Å²) in [5.41, 5.74) is 1.49. The Labute approximate surface area is 124 Å². The second-order valence-corrected chi connectivity index (χ2v) is 4.94. The molecule has 1 heterocycles. The van der Waals surface area contributed by atoms with Gasteiger partial charge in [0.1, 0.15) is 4.88 Å². The Balaban J connectivity index is 2.07. The van der Waals surface area contributed by atoms with Gasteiger partial charge in [-0.3, -0.25) is 4.79 Å². The summed E-state index contributed by atoms with van der Waals surface area (Å²) >= 11 is 1.04. The van der Waals surface area contributed by atoms with E-state index in [9.17, 15) is 9.59 Å². The molecule has 2 aromatic rings. The number of carboxylic acid groups (broad SMARTS) is 1. The minimum atomic E-state index is -1.08. The quantitative estimate of drug-likeness (QED) is 0.849. The molecule has 0 aliphatic carbocycles. The maximum atomic E-state index is 11.8. The van der Waals surface area contributed by atoms with Crippen LogP contribution in [0.3, 0.4) is 0 Å². The molecule has 0 aliphatic heterocycles. The van der Waals surface area contributed by atoms with Gasteiger partial charge in [0.25, 0.3) is 0 Å². The van der Waals surface area contributed by atoms with Crippen LogP contribution in [0.25, 0.3) is 6.08 Å². The second-order valence-electron chi connectivity index (χ2n) is 4.03. The maximum absolute atomic E-state index is 11.8. The van der Waals surface area contributed by atoms with Gasteiger partial charge in [0.05, 0.1) is 17.3 Å². The molecule has 0 bridgehead atoms. The van der Waals surface area contributed by atoms with Crippen LogP contribution in [0.4, 0.5) is 5.69 Å². The molecule has 21 heavy (non-hydrogen) atoms. The van der Waals surface area contributed by atoms with E-state index in [-0.39, 0.29) is 10.6 Å². The molecule has 0 fully saturated rings. The third kappa shape index (κ3) is 3.78. The van der Waals surface area contributed by atoms with Crippen LogP contribution in [0.15, 0.2) is 41.8 Å². The molecule has 0 saturated heterocycles. The predicted octanol–water partition coefficient (Wildman–Crippen LogP) is 2.97. The van der Waals surface area contributed by atoms with Crippen LogP contribution < -0.4 is 5.32 Å². The Morgan fingerprint density at radius 2 is 2.14 bits per heavy atom. The lowest BCUT2D eigenvalue weighted by Gasteiger charge is -2.00. The normalized spacial score (nSPS) is 10.2. The Kier molecular flexibility index (Phi) is 4.49. The molecule has 104 valence electrons. The highest BCUT2D eigenvalue weighted by atomic mass is 32.1. The van der Waals surface area contributed by atoms with Gasteiger partial charge in [0.15, 0.2) is 0 Å². The van der Waals surface area contributed by atoms with Gasteiger partial charge in [-0.25, -0.2) is 4.79 Å². The van der Waals surface area contributed by atoms with Crippen molar-refractivity contribution in [1.82, 2.24) is 0 Å². The molecule has 0 spiro atoms. The number of hydrogen-bond acceptors (Lipinski definition) is 4. The summed E-state index contributed by atoms with van der Waals surface area (Å²) in [5, 5.41) is 21.8. The van der Waals surface area contributed by atoms with Crippen molar-refractivity contribution in [2.45, 2.75) is 0 Å². The number of benzene rings is 1. The van der Waals surface area contributed by atoms with E-state index < -0.39 is 11.9 Å². The van der Waals surface area contributed by atoms with Crippen LogP contribution in [-0.2, 0) is 4.79 Å². The lowest BCUT2D eigenvalue weighted by atomic mass is 10.1. The molecule has 0 unspecified atom stereocenters. The van der Waals surface area contributed by atoms with E-state index in [1.807, 2.05) is 6.07 Å². The summed E-state index contributed by atoms with van der Waals surface area (Å²) < 4.78 is 0. The molecule has 0 saturated carbocycles. The molecule has 6 heteroatoms. The van der Waals surface area contributed by atoms with Crippen LogP contribution in [-0.4, -0.2) is 17.0 Å².